The van der Waals surface area contributed by atoms with Gasteiger partial charge in [0.2, 0.25) is 22.1 Å². The maximum absolute atomic E-state index is 15.2. The Bertz CT molecular complexity index is 1510. The zero-order valence-electron chi connectivity index (χ0n) is 20.9. The fraction of sp³-hybridized carbons (Fsp3) is 0.480. The molecule has 38 heavy (non-hydrogen) atoms. The van der Waals surface area contributed by atoms with Crippen molar-refractivity contribution in [3.63, 3.8) is 0 Å². The molecule has 3 fully saturated rings. The van der Waals surface area contributed by atoms with Gasteiger partial charge in [0.1, 0.15) is 11.9 Å². The van der Waals surface area contributed by atoms with E-state index in [9.17, 15) is 4.79 Å². The van der Waals surface area contributed by atoms with Crippen molar-refractivity contribution in [2.75, 3.05) is 31.2 Å². The molecule has 1 saturated heterocycles. The number of carbonyl (C=O) groups excluding carboxylic acids is 1. The molecule has 2 saturated carbocycles. The van der Waals surface area contributed by atoms with Crippen LogP contribution in [0.1, 0.15) is 39.0 Å². The zero-order valence-corrected chi connectivity index (χ0v) is 22.5. The summed E-state index contributed by atoms with van der Waals surface area (Å²) >= 11 is 2.54. The van der Waals surface area contributed by atoms with Gasteiger partial charge in [-0.3, -0.25) is 9.69 Å². The van der Waals surface area contributed by atoms with Crippen LogP contribution in [0.5, 0.6) is 5.88 Å². The van der Waals surface area contributed by atoms with Crippen molar-refractivity contribution in [2.45, 2.75) is 61.2 Å². The highest BCUT2D eigenvalue weighted by molar-refractivity contribution is 7.99. The molecule has 0 radical (unpaired) electrons. The SMILES string of the molecule is CC(=O)N(c1nc2cc(F)c(Sc3nnc4ccc(OC5CCC5)nn34)cc2s1)N1CCN(C2CC2)CC1. The molecule has 4 aromatic rings. The van der Waals surface area contributed by atoms with E-state index in [0.717, 1.165) is 55.5 Å². The molecule has 3 aliphatic rings. The van der Waals surface area contributed by atoms with Gasteiger partial charge in [0.05, 0.1) is 15.1 Å². The van der Waals surface area contributed by atoms with Gasteiger partial charge in [0.25, 0.3) is 0 Å². The Morgan fingerprint density at radius 2 is 1.95 bits per heavy atom. The van der Waals surface area contributed by atoms with E-state index >= 15 is 4.39 Å². The molecular weight excluding hydrogens is 527 g/mol. The first-order chi connectivity index (χ1) is 18.5. The predicted molar refractivity (Wildman–Crippen MR) is 142 cm³/mol. The second-order valence-corrected chi connectivity index (χ2v) is 12.0. The molecule has 198 valence electrons. The van der Waals surface area contributed by atoms with Crippen molar-refractivity contribution in [3.05, 3.63) is 30.1 Å². The second kappa shape index (κ2) is 9.70. The van der Waals surface area contributed by atoms with E-state index in [-0.39, 0.29) is 12.0 Å². The Balaban J connectivity index is 1.14. The summed E-state index contributed by atoms with van der Waals surface area (Å²) < 4.78 is 23.5. The maximum atomic E-state index is 15.2. The van der Waals surface area contributed by atoms with E-state index in [4.69, 9.17) is 4.74 Å². The standard InChI is InChI=1S/C25H27FN8O2S2/c1-15(35)34(32-11-9-31(10-12-32)16-5-6-16)24-27-19-13-18(26)20(14-21(19)38-24)37-25-29-28-22-7-8-23(30-33(22)25)36-17-3-2-4-17/h7-8,13-14,16-17H,2-6,9-12H2,1H3. The average Bonchev–Trinajstić information content (AvgIpc) is 3.55. The van der Waals surface area contributed by atoms with Crippen molar-refractivity contribution in [2.24, 2.45) is 0 Å². The van der Waals surface area contributed by atoms with Gasteiger partial charge in [-0.15, -0.1) is 15.3 Å². The molecule has 1 aliphatic heterocycles. The number of nitrogens with zero attached hydrogens (tertiary/aromatic N) is 8. The summed E-state index contributed by atoms with van der Waals surface area (Å²) in [4.78, 5) is 20.2. The van der Waals surface area contributed by atoms with Gasteiger partial charge < -0.3 is 4.74 Å². The monoisotopic (exact) mass is 554 g/mol. The molecule has 0 N–H and O–H groups in total. The van der Waals surface area contributed by atoms with Crippen molar-refractivity contribution in [1.82, 2.24) is 34.7 Å². The normalized spacial score (nSPS) is 19.2. The van der Waals surface area contributed by atoms with E-state index in [1.54, 1.807) is 34.6 Å². The summed E-state index contributed by atoms with van der Waals surface area (Å²) in [6, 6.07) is 7.48. The summed E-state index contributed by atoms with van der Waals surface area (Å²) in [6.07, 6.45) is 5.98. The lowest BCUT2D eigenvalue weighted by Crippen LogP contribution is -2.55. The van der Waals surface area contributed by atoms with Gasteiger partial charge in [-0.1, -0.05) is 11.3 Å². The Kier molecular flexibility index (Phi) is 6.18. The van der Waals surface area contributed by atoms with Crippen LogP contribution in [0.2, 0.25) is 0 Å². The molecule has 0 atom stereocenters. The molecule has 2 aliphatic carbocycles. The largest absolute Gasteiger partial charge is 0.473 e. The summed E-state index contributed by atoms with van der Waals surface area (Å²) in [5.41, 5.74) is 1.09. The first-order valence-corrected chi connectivity index (χ1v) is 14.6. The quantitative estimate of drug-likeness (QED) is 0.336. The van der Waals surface area contributed by atoms with Crippen molar-refractivity contribution in [1.29, 1.82) is 0 Å². The minimum Gasteiger partial charge on any atom is -0.473 e. The van der Waals surface area contributed by atoms with Crippen LogP contribution in [0.3, 0.4) is 0 Å². The van der Waals surface area contributed by atoms with E-state index in [1.807, 2.05) is 0 Å². The van der Waals surface area contributed by atoms with Crippen LogP contribution < -0.4 is 9.75 Å². The molecule has 1 aromatic carbocycles. The highest BCUT2D eigenvalue weighted by Gasteiger charge is 2.34. The van der Waals surface area contributed by atoms with E-state index in [1.165, 1.54) is 36.7 Å². The number of piperazine rings is 1. The molecule has 0 bridgehead atoms. The number of aromatic nitrogens is 5. The Morgan fingerprint density at radius 1 is 1.13 bits per heavy atom. The number of fused-ring (bicyclic) bond motifs is 2. The first kappa shape index (κ1) is 24.2. The van der Waals surface area contributed by atoms with Crippen LogP contribution in [0.4, 0.5) is 9.52 Å². The predicted octanol–water partition coefficient (Wildman–Crippen LogP) is 4.00. The molecule has 0 spiro atoms. The number of hydrogen-bond acceptors (Lipinski definition) is 10. The molecule has 4 heterocycles. The highest BCUT2D eigenvalue weighted by Crippen LogP contribution is 2.37. The molecule has 3 aromatic heterocycles. The van der Waals surface area contributed by atoms with Crippen LogP contribution >= 0.6 is 23.1 Å². The van der Waals surface area contributed by atoms with E-state index < -0.39 is 5.82 Å². The topological polar surface area (TPSA) is 92.0 Å². The van der Waals surface area contributed by atoms with Crippen LogP contribution in [-0.2, 0) is 4.79 Å². The summed E-state index contributed by atoms with van der Waals surface area (Å²) in [7, 11) is 0. The number of hydrazine groups is 1. The van der Waals surface area contributed by atoms with E-state index in [2.05, 4.69) is 30.2 Å². The third kappa shape index (κ3) is 4.61. The van der Waals surface area contributed by atoms with Gasteiger partial charge >= 0.3 is 0 Å². The molecule has 13 heteroatoms. The minimum atomic E-state index is -0.412. The third-order valence-corrected chi connectivity index (χ3v) is 9.26. The number of rotatable bonds is 7. The minimum absolute atomic E-state index is 0.0973. The van der Waals surface area contributed by atoms with Gasteiger partial charge in [-0.05, 0) is 56.0 Å². The smallest absolute Gasteiger partial charge is 0.240 e. The van der Waals surface area contributed by atoms with Crippen LogP contribution in [-0.4, -0.2) is 78.9 Å². The molecular formula is C25H27FN8O2S2. The summed E-state index contributed by atoms with van der Waals surface area (Å²) in [5.74, 6) is -0.000478. The third-order valence-electron chi connectivity index (χ3n) is 7.30. The lowest BCUT2D eigenvalue weighted by atomic mass is 9.96. The number of carbonyl (C=O) groups is 1. The Hall–Kier alpha value is -2.87. The summed E-state index contributed by atoms with van der Waals surface area (Å²) in [6.45, 7) is 4.94. The lowest BCUT2D eigenvalue weighted by Gasteiger charge is -2.39. The van der Waals surface area contributed by atoms with Crippen LogP contribution in [0.15, 0.2) is 34.3 Å². The lowest BCUT2D eigenvalue weighted by molar-refractivity contribution is -0.120. The van der Waals surface area contributed by atoms with Gasteiger partial charge in [-0.2, -0.15) is 4.52 Å². The molecule has 1 amide bonds. The second-order valence-electron chi connectivity index (χ2n) is 10.00. The van der Waals surface area contributed by atoms with Crippen molar-refractivity contribution < 1.29 is 13.9 Å². The number of halogens is 1. The number of ether oxygens (including phenoxy) is 1. The Morgan fingerprint density at radius 3 is 2.66 bits per heavy atom. The Labute approximate surface area is 226 Å². The van der Waals surface area contributed by atoms with Crippen molar-refractivity contribution >= 4 is 50.0 Å². The van der Waals surface area contributed by atoms with Gasteiger partial charge in [0, 0.05) is 51.3 Å². The summed E-state index contributed by atoms with van der Waals surface area (Å²) in [5, 5.41) is 17.6. The fourth-order valence-electron chi connectivity index (χ4n) is 4.89. The number of amides is 1. The maximum Gasteiger partial charge on any atom is 0.240 e. The molecule has 10 nitrogen and oxygen atoms in total. The molecule has 7 rings (SSSR count). The zero-order chi connectivity index (χ0) is 25.8. The number of benzene rings is 1. The molecule has 0 unspecified atom stereocenters. The van der Waals surface area contributed by atoms with Crippen molar-refractivity contribution in [3.8, 4) is 5.88 Å². The fourth-order valence-corrected chi connectivity index (χ4v) is 6.86. The van der Waals surface area contributed by atoms with Gasteiger partial charge in [0.15, 0.2) is 5.65 Å². The first-order valence-electron chi connectivity index (χ1n) is 13.0. The number of anilines is 1. The van der Waals surface area contributed by atoms with Crippen LogP contribution in [0.25, 0.3) is 15.9 Å². The average molecular weight is 555 g/mol. The van der Waals surface area contributed by atoms with Crippen LogP contribution in [0, 0.1) is 5.82 Å². The highest BCUT2D eigenvalue weighted by atomic mass is 32.2. The van der Waals surface area contributed by atoms with E-state index in [0.29, 0.717) is 38.3 Å². The number of thiazole rings is 1. The number of hydrogen-bond donors (Lipinski definition) is 0. The van der Waals surface area contributed by atoms with Gasteiger partial charge in [-0.25, -0.2) is 19.4 Å².